The summed E-state index contributed by atoms with van der Waals surface area (Å²) in [6.45, 7) is 8.25. The summed E-state index contributed by atoms with van der Waals surface area (Å²) in [4.78, 5) is 48.1. The number of amides is 2. The summed E-state index contributed by atoms with van der Waals surface area (Å²) < 4.78 is 67.3. The predicted octanol–water partition coefficient (Wildman–Crippen LogP) is 13.7. The summed E-state index contributed by atoms with van der Waals surface area (Å²) in [6.07, 6.45) is 32.4. The van der Waals surface area contributed by atoms with Crippen molar-refractivity contribution >= 4 is 28.3 Å². The lowest BCUT2D eigenvalue weighted by atomic mass is 9.94. The number of aliphatic hydroxyl groups excluding tert-OH is 4. The molecule has 2 aliphatic rings. The van der Waals surface area contributed by atoms with Gasteiger partial charge in [-0.15, -0.1) is 4.67 Å². The monoisotopic (exact) mass is 1310 g/mol. The molecule has 0 bridgehead atoms. The molecule has 23 heteroatoms. The molecule has 9 N–H and O–H groups in total. The molecule has 2 heterocycles. The third kappa shape index (κ3) is 43.9. The van der Waals surface area contributed by atoms with Crippen LogP contribution in [0.2, 0.25) is 0 Å². The van der Waals surface area contributed by atoms with Crippen LogP contribution in [0.15, 0.2) is 12.2 Å². The number of ether oxygens (including phenoxy) is 6. The molecule has 0 aromatic carbocycles. The molecule has 0 aromatic rings. The number of carbonyl (C=O) groups is 2. The first kappa shape index (κ1) is 85.4. The Morgan fingerprint density at radius 2 is 0.989 bits per heavy atom. The van der Waals surface area contributed by atoms with Gasteiger partial charge in [0.1, 0.15) is 42.6 Å². The lowest BCUT2D eigenvalue weighted by Crippen LogP contribution is -2.67. The van der Waals surface area contributed by atoms with Gasteiger partial charge in [0.15, 0.2) is 12.6 Å². The Bertz CT molecular complexity index is 1740. The lowest BCUT2D eigenvalue weighted by Gasteiger charge is -2.47. The number of rotatable bonds is 58. The molecule has 0 spiro atoms. The number of nitrogens with one attached hydrogen (secondary N) is 2. The minimum atomic E-state index is -5.32. The first-order valence-electron chi connectivity index (χ1n) is 35.1. The number of hydrogen-bond acceptors (Lipinski definition) is 17. The second-order valence-electron chi connectivity index (χ2n) is 24.7. The zero-order chi connectivity index (χ0) is 65.6. The van der Waals surface area contributed by atoms with Crippen molar-refractivity contribution in [2.24, 2.45) is 0 Å². The largest absolute Gasteiger partial charge is 0.472 e. The molecule has 2 saturated heterocycles. The average Bonchev–Trinajstić information content (AvgIpc) is 1.02. The maximum absolute atomic E-state index is 13.9. The Morgan fingerprint density at radius 1 is 0.562 bits per heavy atom. The van der Waals surface area contributed by atoms with E-state index in [2.05, 4.69) is 55.2 Å². The average molecular weight is 1320 g/mol. The first-order chi connectivity index (χ1) is 43.1. The second kappa shape index (κ2) is 57.8. The molecule has 2 rings (SSSR count). The van der Waals surface area contributed by atoms with Crippen molar-refractivity contribution in [1.82, 2.24) is 10.6 Å². The Morgan fingerprint density at radius 3 is 1.49 bits per heavy atom. The van der Waals surface area contributed by atoms with Crippen LogP contribution in [0.3, 0.4) is 0 Å². The van der Waals surface area contributed by atoms with Gasteiger partial charge in [0, 0.05) is 33.4 Å². The Kier molecular flexibility index (Phi) is 55.5. The molecule has 12 unspecified atom stereocenters. The number of hydrogen-bond donors (Lipinski definition) is 9. The van der Waals surface area contributed by atoms with Gasteiger partial charge in [-0.2, -0.15) is 0 Å². The van der Waals surface area contributed by atoms with E-state index in [1.54, 1.807) is 7.11 Å². The maximum atomic E-state index is 13.9. The van der Waals surface area contributed by atoms with Crippen molar-refractivity contribution in [3.63, 3.8) is 0 Å². The van der Waals surface area contributed by atoms with E-state index in [-0.39, 0.29) is 51.1 Å². The van der Waals surface area contributed by atoms with Gasteiger partial charge in [-0.3, -0.25) is 14.1 Å². The smallest absolute Gasteiger partial charge is 0.396 e. The summed E-state index contributed by atoms with van der Waals surface area (Å²) in [5, 5.41) is 58.0. The van der Waals surface area contributed by atoms with Crippen LogP contribution < -0.4 is 10.6 Å². The highest BCUT2D eigenvalue weighted by Gasteiger charge is 2.51. The van der Waals surface area contributed by atoms with Gasteiger partial charge in [0.05, 0.1) is 31.3 Å². The van der Waals surface area contributed by atoms with Crippen LogP contribution in [0.5, 0.6) is 0 Å². The third-order valence-corrected chi connectivity index (χ3v) is 17.4. The normalized spacial score (nSPS) is 22.9. The van der Waals surface area contributed by atoms with Gasteiger partial charge in [-0.05, 0) is 64.2 Å². The SMILES string of the molecule is CCCCCC/C=C\CCCCCCCCCC(=O)NC1C(OCC2OC(OP(=O)(O)O)C(NC(=O)CC(O)CCCCCCCCCCC)C(OCCCCCCCCCC)C2O)OC(CCO)C(O)C1OCCC(CCCCCCC)OC.O=POO. The minimum absolute atomic E-state index is 0.000506. The fourth-order valence-electron chi connectivity index (χ4n) is 11.6. The van der Waals surface area contributed by atoms with Gasteiger partial charge >= 0.3 is 16.5 Å². The van der Waals surface area contributed by atoms with Crippen molar-refractivity contribution in [1.29, 1.82) is 0 Å². The molecule has 0 aromatic heterocycles. The van der Waals surface area contributed by atoms with E-state index in [0.29, 0.717) is 25.7 Å². The fraction of sp³-hybridized carbons (Fsp3) is 0.939. The quantitative estimate of drug-likeness (QED) is 0.00898. The number of carbonyl (C=O) groups excluding carboxylic acids is 2. The molecule has 2 amide bonds. The summed E-state index contributed by atoms with van der Waals surface area (Å²) in [6, 6.07) is -2.52. The van der Waals surface area contributed by atoms with Gasteiger partial charge in [0.2, 0.25) is 11.8 Å². The molecule has 2 fully saturated rings. The fourth-order valence-corrected chi connectivity index (χ4v) is 12.1. The number of phosphoric ester groups is 1. The summed E-state index contributed by atoms with van der Waals surface area (Å²) >= 11 is 0. The van der Waals surface area contributed by atoms with Crippen molar-refractivity contribution in [3.05, 3.63) is 12.2 Å². The molecule has 0 saturated carbocycles. The van der Waals surface area contributed by atoms with Crippen LogP contribution in [0.1, 0.15) is 291 Å². The van der Waals surface area contributed by atoms with Crippen molar-refractivity contribution in [2.45, 2.75) is 364 Å². The Labute approximate surface area is 538 Å². The molecule has 0 aliphatic carbocycles. The van der Waals surface area contributed by atoms with E-state index in [1.807, 2.05) is 0 Å². The van der Waals surface area contributed by atoms with Gasteiger partial charge in [-0.1, -0.05) is 226 Å². The van der Waals surface area contributed by atoms with E-state index < -0.39 is 96.4 Å². The van der Waals surface area contributed by atoms with Crippen LogP contribution in [-0.2, 0) is 56.3 Å². The van der Waals surface area contributed by atoms with Crippen molar-refractivity contribution in [3.8, 4) is 0 Å². The molecule has 526 valence electrons. The zero-order valence-electron chi connectivity index (χ0n) is 55.8. The van der Waals surface area contributed by atoms with Crippen LogP contribution >= 0.6 is 16.5 Å². The zero-order valence-corrected chi connectivity index (χ0v) is 57.6. The van der Waals surface area contributed by atoms with Gasteiger partial charge < -0.3 is 69.3 Å². The van der Waals surface area contributed by atoms with Crippen LogP contribution in [0, 0.1) is 0 Å². The molecule has 89 heavy (non-hydrogen) atoms. The van der Waals surface area contributed by atoms with E-state index >= 15 is 0 Å². The summed E-state index contributed by atoms with van der Waals surface area (Å²) in [7, 11) is -4.34. The highest BCUT2D eigenvalue weighted by atomic mass is 31.2. The van der Waals surface area contributed by atoms with Crippen molar-refractivity contribution in [2.75, 3.05) is 33.5 Å². The molecular weight excluding hydrogens is 1190 g/mol. The summed E-state index contributed by atoms with van der Waals surface area (Å²) in [5.74, 6) is -0.944. The van der Waals surface area contributed by atoms with E-state index in [4.69, 9.17) is 42.8 Å². The molecular formula is C66H128N2O19P2. The van der Waals surface area contributed by atoms with Gasteiger partial charge in [0.25, 0.3) is 0 Å². The topological polar surface area (TPSA) is 308 Å². The molecule has 0 radical (unpaired) electrons. The molecule has 12 atom stereocenters. The third-order valence-electron chi connectivity index (χ3n) is 16.9. The Hall–Kier alpha value is -1.59. The lowest BCUT2D eigenvalue weighted by molar-refractivity contribution is -0.300. The van der Waals surface area contributed by atoms with E-state index in [0.717, 1.165) is 128 Å². The second-order valence-corrected chi connectivity index (χ2v) is 26.2. The summed E-state index contributed by atoms with van der Waals surface area (Å²) in [5.41, 5.74) is 0. The van der Waals surface area contributed by atoms with E-state index in [9.17, 15) is 44.4 Å². The van der Waals surface area contributed by atoms with Crippen LogP contribution in [0.25, 0.3) is 0 Å². The number of allylic oxidation sites excluding steroid dienone is 2. The van der Waals surface area contributed by atoms with Crippen molar-refractivity contribution < 1.29 is 91.8 Å². The molecule has 21 nitrogen and oxygen atoms in total. The molecule has 2 aliphatic heterocycles. The van der Waals surface area contributed by atoms with Crippen LogP contribution in [-0.4, -0.2) is 154 Å². The number of methoxy groups -OCH3 is 1. The highest BCUT2D eigenvalue weighted by molar-refractivity contribution is 7.46. The predicted molar refractivity (Wildman–Crippen MR) is 348 cm³/mol. The first-order valence-corrected chi connectivity index (χ1v) is 37.3. The standard InChI is InChI=1S/C66H127N2O16P.HO3P/c1-6-10-14-18-21-24-25-26-27-28-29-31-33-37-41-45-57(71)67-59-63(80-50-47-54(78-5)44-40-35-17-13-9-4)61(73)55(46-48-69)82-65(59)81-52-56-62(74)64(79-49-42-38-34-23-20-16-12-8-3)60(66(83-56)84-85(75,76)77)68-58(72)51-53(70)43-39-36-32-30-22-19-15-11-7-2;1-3-4-2/h24-25,53-56,59-66,69-70,73-74H,6-23,26-52H2,1-5H3,(H,67,71)(H,68,72)(H2,75,76,77);1H/b25-24-;. The number of phosphoric acid groups is 1. The van der Waals surface area contributed by atoms with Crippen LogP contribution in [0.4, 0.5) is 0 Å². The number of aliphatic hydroxyl groups is 4. The van der Waals surface area contributed by atoms with E-state index in [1.165, 1.54) is 89.9 Å². The maximum Gasteiger partial charge on any atom is 0.472 e. The number of unbranched alkanes of at least 4 members (excludes halogenated alkanes) is 30. The minimum Gasteiger partial charge on any atom is -0.396 e. The highest BCUT2D eigenvalue weighted by Crippen LogP contribution is 2.41. The Balaban J connectivity index is 0.00000958. The van der Waals surface area contributed by atoms with Gasteiger partial charge in [-0.25, -0.2) is 14.4 Å².